The highest BCUT2D eigenvalue weighted by Crippen LogP contribution is 2.31. The predicted octanol–water partition coefficient (Wildman–Crippen LogP) is 5.39. The number of nitrogens with zero attached hydrogens (tertiary/aromatic N) is 1. The average Bonchev–Trinajstić information content (AvgIpc) is 2.85. The Morgan fingerprint density at radius 2 is 1.62 bits per heavy atom. The fourth-order valence-electron chi connectivity index (χ4n) is 4.24. The van der Waals surface area contributed by atoms with Gasteiger partial charge < -0.3 is 5.32 Å². The van der Waals surface area contributed by atoms with Crippen LogP contribution in [0.3, 0.4) is 0 Å². The molecule has 4 aromatic rings. The van der Waals surface area contributed by atoms with Crippen LogP contribution < -0.4 is 5.32 Å². The molecule has 0 saturated carbocycles. The van der Waals surface area contributed by atoms with Gasteiger partial charge in [-0.1, -0.05) is 66.2 Å². The zero-order chi connectivity index (χ0) is 23.9. The Kier molecular flexibility index (Phi) is 5.85. The summed E-state index contributed by atoms with van der Waals surface area (Å²) in [6, 6.07) is 22.8. The van der Waals surface area contributed by atoms with Crippen molar-refractivity contribution in [3.63, 3.8) is 0 Å². The second-order valence-corrected chi connectivity index (χ2v) is 10.5. The van der Waals surface area contributed by atoms with Crippen LogP contribution >= 0.6 is 11.6 Å². The first-order chi connectivity index (χ1) is 16.3. The van der Waals surface area contributed by atoms with Crippen molar-refractivity contribution in [2.45, 2.75) is 23.9 Å². The van der Waals surface area contributed by atoms with Crippen molar-refractivity contribution in [1.29, 1.82) is 0 Å². The first-order valence-electron chi connectivity index (χ1n) is 10.7. The Balaban J connectivity index is 1.54. The van der Waals surface area contributed by atoms with Crippen LogP contribution in [-0.4, -0.2) is 24.7 Å². The number of carbonyl (C=O) groups is 1. The maximum Gasteiger partial charge on any atom is 0.244 e. The summed E-state index contributed by atoms with van der Waals surface area (Å²) in [6.45, 7) is 0.0631. The van der Waals surface area contributed by atoms with Crippen LogP contribution in [0, 0.1) is 5.82 Å². The van der Waals surface area contributed by atoms with Crippen LogP contribution in [0.25, 0.3) is 10.8 Å². The van der Waals surface area contributed by atoms with Gasteiger partial charge in [0.2, 0.25) is 15.9 Å². The number of fused-ring (bicyclic) bond motifs is 2. The summed E-state index contributed by atoms with van der Waals surface area (Å²) in [6.07, 6.45) is 0.212. The molecule has 1 N–H and O–H groups in total. The molecule has 0 spiro atoms. The van der Waals surface area contributed by atoms with E-state index in [0.717, 1.165) is 28.0 Å². The number of hydrogen-bond donors (Lipinski definition) is 1. The topological polar surface area (TPSA) is 66.5 Å². The summed E-state index contributed by atoms with van der Waals surface area (Å²) in [5, 5.41) is 4.28. The van der Waals surface area contributed by atoms with Crippen molar-refractivity contribution >= 4 is 44.0 Å². The van der Waals surface area contributed by atoms with Gasteiger partial charge in [0.05, 0.1) is 9.92 Å². The summed E-state index contributed by atoms with van der Waals surface area (Å²) in [4.78, 5) is 13.4. The van der Waals surface area contributed by atoms with E-state index in [9.17, 15) is 17.6 Å². The number of hydrogen-bond acceptors (Lipinski definition) is 3. The normalized spacial score (nSPS) is 16.2. The Morgan fingerprint density at radius 1 is 0.912 bits per heavy atom. The maximum atomic E-state index is 13.8. The fourth-order valence-corrected chi connectivity index (χ4v) is 6.02. The molecule has 8 heteroatoms. The molecular formula is C26H20ClFN2O3S. The van der Waals surface area contributed by atoms with E-state index in [-0.39, 0.29) is 22.9 Å². The Bertz CT molecular complexity index is 1520. The first-order valence-corrected chi connectivity index (χ1v) is 12.5. The first kappa shape index (κ1) is 22.5. The van der Waals surface area contributed by atoms with E-state index in [1.54, 1.807) is 18.2 Å². The van der Waals surface area contributed by atoms with Crippen LogP contribution in [0.2, 0.25) is 5.02 Å². The molecule has 0 unspecified atom stereocenters. The number of anilines is 1. The molecule has 0 radical (unpaired) electrons. The third-order valence-electron chi connectivity index (χ3n) is 6.02. The van der Waals surface area contributed by atoms with Crippen LogP contribution in [0.1, 0.15) is 11.1 Å². The SMILES string of the molecule is O=C(Nc1ccc(F)c(Cl)c1)[C@H]1Cc2ccccc2CN1S(=O)(=O)c1ccc2ccccc2c1. The molecular weight excluding hydrogens is 475 g/mol. The lowest BCUT2D eigenvalue weighted by molar-refractivity contribution is -0.120. The second kappa shape index (κ2) is 8.83. The zero-order valence-corrected chi connectivity index (χ0v) is 19.5. The van der Waals surface area contributed by atoms with Gasteiger partial charge in [-0.3, -0.25) is 4.79 Å². The number of halogens is 2. The van der Waals surface area contributed by atoms with Crippen LogP contribution in [0.15, 0.2) is 89.8 Å². The molecule has 34 heavy (non-hydrogen) atoms. The molecule has 5 nitrogen and oxygen atoms in total. The van der Waals surface area contributed by atoms with E-state index < -0.39 is 27.8 Å². The van der Waals surface area contributed by atoms with E-state index in [1.165, 1.54) is 16.4 Å². The molecule has 5 rings (SSSR count). The molecule has 172 valence electrons. The molecule has 0 aromatic heterocycles. The molecule has 1 aliphatic rings. The quantitative estimate of drug-likeness (QED) is 0.414. The number of sulfonamides is 1. The molecule has 1 atom stereocenters. The number of benzene rings is 4. The highest BCUT2D eigenvalue weighted by molar-refractivity contribution is 7.89. The van der Waals surface area contributed by atoms with Gasteiger partial charge in [-0.05, 0) is 58.7 Å². The lowest BCUT2D eigenvalue weighted by Gasteiger charge is -2.35. The predicted molar refractivity (Wildman–Crippen MR) is 131 cm³/mol. The van der Waals surface area contributed by atoms with Gasteiger partial charge in [-0.2, -0.15) is 4.31 Å². The van der Waals surface area contributed by atoms with Crippen molar-refractivity contribution < 1.29 is 17.6 Å². The van der Waals surface area contributed by atoms with Gasteiger partial charge in [-0.15, -0.1) is 0 Å². The summed E-state index contributed by atoms with van der Waals surface area (Å²) < 4.78 is 42.3. The van der Waals surface area contributed by atoms with Crippen molar-refractivity contribution in [1.82, 2.24) is 4.31 Å². The average molecular weight is 495 g/mol. The van der Waals surface area contributed by atoms with Crippen molar-refractivity contribution in [3.8, 4) is 0 Å². The Morgan fingerprint density at radius 3 is 2.38 bits per heavy atom. The van der Waals surface area contributed by atoms with Gasteiger partial charge in [0, 0.05) is 12.2 Å². The number of rotatable bonds is 4. The summed E-state index contributed by atoms with van der Waals surface area (Å²) >= 11 is 5.85. The molecule has 4 aromatic carbocycles. The maximum absolute atomic E-state index is 13.8. The largest absolute Gasteiger partial charge is 0.325 e. The van der Waals surface area contributed by atoms with E-state index >= 15 is 0 Å². The highest BCUT2D eigenvalue weighted by atomic mass is 35.5. The van der Waals surface area contributed by atoms with Gasteiger partial charge >= 0.3 is 0 Å². The third-order valence-corrected chi connectivity index (χ3v) is 8.16. The van der Waals surface area contributed by atoms with Gasteiger partial charge in [-0.25, -0.2) is 12.8 Å². The van der Waals surface area contributed by atoms with Gasteiger partial charge in [0.15, 0.2) is 0 Å². The second-order valence-electron chi connectivity index (χ2n) is 8.17. The third kappa shape index (κ3) is 4.18. The number of nitrogens with one attached hydrogen (secondary N) is 1. The molecule has 0 saturated heterocycles. The molecule has 0 fully saturated rings. The lowest BCUT2D eigenvalue weighted by Crippen LogP contribution is -2.50. The Labute approximate surface area is 201 Å². The molecule has 0 bridgehead atoms. The van der Waals surface area contributed by atoms with Crippen molar-refractivity contribution in [3.05, 3.63) is 107 Å². The lowest BCUT2D eigenvalue weighted by atomic mass is 9.95. The molecule has 1 heterocycles. The Hall–Kier alpha value is -3.26. The summed E-state index contributed by atoms with van der Waals surface area (Å²) in [5.41, 5.74) is 2.05. The monoisotopic (exact) mass is 494 g/mol. The highest BCUT2D eigenvalue weighted by Gasteiger charge is 2.39. The summed E-state index contributed by atoms with van der Waals surface area (Å²) in [7, 11) is -4.01. The van der Waals surface area contributed by atoms with Gasteiger partial charge in [0.25, 0.3) is 0 Å². The van der Waals surface area contributed by atoms with E-state index in [0.29, 0.717) is 5.69 Å². The zero-order valence-electron chi connectivity index (χ0n) is 17.9. The van der Waals surface area contributed by atoms with Gasteiger partial charge in [0.1, 0.15) is 11.9 Å². The number of amides is 1. The molecule has 1 aliphatic heterocycles. The van der Waals surface area contributed by atoms with E-state index in [1.807, 2.05) is 48.5 Å². The van der Waals surface area contributed by atoms with Crippen LogP contribution in [0.4, 0.5) is 10.1 Å². The smallest absolute Gasteiger partial charge is 0.244 e. The number of carbonyl (C=O) groups excluding carboxylic acids is 1. The van der Waals surface area contributed by atoms with Crippen LogP contribution in [0.5, 0.6) is 0 Å². The van der Waals surface area contributed by atoms with E-state index in [2.05, 4.69) is 5.32 Å². The minimum atomic E-state index is -4.01. The van der Waals surface area contributed by atoms with Crippen molar-refractivity contribution in [2.75, 3.05) is 5.32 Å². The molecule has 1 amide bonds. The van der Waals surface area contributed by atoms with Crippen molar-refractivity contribution in [2.24, 2.45) is 0 Å². The van der Waals surface area contributed by atoms with E-state index in [4.69, 9.17) is 11.6 Å². The standard InChI is InChI=1S/C26H20ClFN2O3S/c27-23-15-21(10-12-24(23)28)29-26(31)25-14-19-7-3-4-8-20(19)16-30(25)34(32,33)22-11-9-17-5-1-2-6-18(17)13-22/h1-13,15,25H,14,16H2,(H,29,31)/t25-/m1/s1. The minimum absolute atomic E-state index is 0.0631. The summed E-state index contributed by atoms with van der Waals surface area (Å²) in [5.74, 6) is -1.12. The fraction of sp³-hybridized carbons (Fsp3) is 0.115. The minimum Gasteiger partial charge on any atom is -0.325 e. The molecule has 0 aliphatic carbocycles. The van der Waals surface area contributed by atoms with Crippen LogP contribution in [-0.2, 0) is 27.8 Å².